The van der Waals surface area contributed by atoms with E-state index >= 15 is 0 Å². The van der Waals surface area contributed by atoms with Gasteiger partial charge in [0.15, 0.2) is 9.84 Å². The van der Waals surface area contributed by atoms with Gasteiger partial charge >= 0.3 is 0 Å². The molecule has 2 atom stereocenters. The number of amides is 1. The molecule has 7 heteroatoms. The molecule has 2 unspecified atom stereocenters. The summed E-state index contributed by atoms with van der Waals surface area (Å²) in [5.41, 5.74) is 0. The second-order valence-electron chi connectivity index (χ2n) is 4.53. The average molecular weight is 262 g/mol. The zero-order valence-electron chi connectivity index (χ0n) is 9.65. The lowest BCUT2D eigenvalue weighted by Gasteiger charge is -2.27. The van der Waals surface area contributed by atoms with Crippen LogP contribution in [0.4, 0.5) is 0 Å². The van der Waals surface area contributed by atoms with Gasteiger partial charge in [-0.1, -0.05) is 0 Å². The van der Waals surface area contributed by atoms with Crippen LogP contribution in [-0.2, 0) is 19.4 Å². The smallest absolute Gasteiger partial charge is 0.250 e. The molecule has 2 heterocycles. The van der Waals surface area contributed by atoms with Crippen LogP contribution in [0.2, 0.25) is 0 Å². The third kappa shape index (κ3) is 3.65. The molecule has 2 aliphatic rings. The molecule has 17 heavy (non-hydrogen) atoms. The highest BCUT2D eigenvalue weighted by Crippen LogP contribution is 2.12. The van der Waals surface area contributed by atoms with Gasteiger partial charge < -0.3 is 15.4 Å². The lowest BCUT2D eigenvalue weighted by atomic mass is 10.1. The number of nitrogens with one attached hydrogen (secondary N) is 2. The first-order chi connectivity index (χ1) is 8.07. The lowest BCUT2D eigenvalue weighted by Crippen LogP contribution is -2.52. The van der Waals surface area contributed by atoms with Gasteiger partial charge in [-0.25, -0.2) is 8.42 Å². The molecule has 0 aliphatic carbocycles. The molecular weight excluding hydrogens is 244 g/mol. The van der Waals surface area contributed by atoms with E-state index in [9.17, 15) is 13.2 Å². The minimum atomic E-state index is -2.98. The van der Waals surface area contributed by atoms with E-state index in [4.69, 9.17) is 4.74 Å². The Morgan fingerprint density at radius 3 is 2.88 bits per heavy atom. The summed E-state index contributed by atoms with van der Waals surface area (Å²) in [7, 11) is -2.98. The average Bonchev–Trinajstić information content (AvgIpc) is 2.29. The quantitative estimate of drug-likeness (QED) is 0.644. The summed E-state index contributed by atoms with van der Waals surface area (Å²) in [5.74, 6) is 0.0824. The maximum Gasteiger partial charge on any atom is 0.250 e. The topological polar surface area (TPSA) is 84.5 Å². The van der Waals surface area contributed by atoms with E-state index in [0.717, 1.165) is 13.0 Å². The van der Waals surface area contributed by atoms with Crippen molar-refractivity contribution in [2.45, 2.75) is 25.0 Å². The van der Waals surface area contributed by atoms with Crippen LogP contribution < -0.4 is 10.6 Å². The van der Waals surface area contributed by atoms with Gasteiger partial charge in [-0.3, -0.25) is 4.79 Å². The Morgan fingerprint density at radius 2 is 2.24 bits per heavy atom. The highest BCUT2D eigenvalue weighted by Gasteiger charge is 2.29. The maximum absolute atomic E-state index is 11.8. The summed E-state index contributed by atoms with van der Waals surface area (Å²) in [5, 5.41) is 5.83. The third-order valence-electron chi connectivity index (χ3n) is 3.03. The molecule has 98 valence electrons. The molecule has 0 aromatic carbocycles. The second kappa shape index (κ2) is 5.32. The normalized spacial score (nSPS) is 32.9. The summed E-state index contributed by atoms with van der Waals surface area (Å²) >= 11 is 0. The van der Waals surface area contributed by atoms with E-state index in [-0.39, 0.29) is 23.5 Å². The van der Waals surface area contributed by atoms with E-state index in [1.165, 1.54) is 0 Å². The number of carbonyl (C=O) groups is 1. The first-order valence-electron chi connectivity index (χ1n) is 5.90. The van der Waals surface area contributed by atoms with Crippen molar-refractivity contribution in [1.29, 1.82) is 0 Å². The van der Waals surface area contributed by atoms with Crippen molar-refractivity contribution in [2.24, 2.45) is 0 Å². The van der Waals surface area contributed by atoms with Gasteiger partial charge in [0.25, 0.3) is 5.91 Å². The van der Waals surface area contributed by atoms with Crippen molar-refractivity contribution >= 4 is 15.7 Å². The van der Waals surface area contributed by atoms with Gasteiger partial charge in [-0.15, -0.1) is 0 Å². The predicted octanol–water partition coefficient (Wildman–Crippen LogP) is -1.33. The molecule has 6 nitrogen and oxygen atoms in total. The van der Waals surface area contributed by atoms with Crippen molar-refractivity contribution in [3.63, 3.8) is 0 Å². The number of carbonyl (C=O) groups excluding carboxylic acids is 1. The number of rotatable bonds is 2. The molecule has 2 N–H and O–H groups in total. The number of hydrogen-bond donors (Lipinski definition) is 2. The fraction of sp³-hybridized carbons (Fsp3) is 0.900. The molecule has 0 bridgehead atoms. The lowest BCUT2D eigenvalue weighted by molar-refractivity contribution is -0.134. The monoisotopic (exact) mass is 262 g/mol. The summed E-state index contributed by atoms with van der Waals surface area (Å²) < 4.78 is 28.2. The van der Waals surface area contributed by atoms with Gasteiger partial charge in [0.05, 0.1) is 18.1 Å². The minimum Gasteiger partial charge on any atom is -0.366 e. The van der Waals surface area contributed by atoms with Crippen LogP contribution in [-0.4, -0.2) is 57.7 Å². The largest absolute Gasteiger partial charge is 0.366 e. The Kier molecular flexibility index (Phi) is 4.01. The zero-order chi connectivity index (χ0) is 12.3. The van der Waals surface area contributed by atoms with Gasteiger partial charge in [-0.05, 0) is 12.8 Å². The van der Waals surface area contributed by atoms with Crippen LogP contribution in [0.3, 0.4) is 0 Å². The first-order valence-corrected chi connectivity index (χ1v) is 7.72. The third-order valence-corrected chi connectivity index (χ3v) is 4.85. The fourth-order valence-electron chi connectivity index (χ4n) is 2.16. The van der Waals surface area contributed by atoms with Crippen molar-refractivity contribution in [2.75, 3.05) is 31.2 Å². The van der Waals surface area contributed by atoms with E-state index in [1.54, 1.807) is 0 Å². The number of sulfone groups is 1. The van der Waals surface area contributed by atoms with Crippen LogP contribution in [0.5, 0.6) is 0 Å². The van der Waals surface area contributed by atoms with Gasteiger partial charge in [0.2, 0.25) is 0 Å². The van der Waals surface area contributed by atoms with E-state index in [2.05, 4.69) is 10.6 Å². The van der Waals surface area contributed by atoms with Crippen molar-refractivity contribution in [3.8, 4) is 0 Å². The number of morpholine rings is 1. The summed E-state index contributed by atoms with van der Waals surface area (Å²) in [4.78, 5) is 11.8. The molecule has 2 saturated heterocycles. The Hall–Kier alpha value is -0.660. The first kappa shape index (κ1) is 12.8. The van der Waals surface area contributed by atoms with Crippen LogP contribution in [0.1, 0.15) is 12.8 Å². The molecular formula is C10H18N2O4S. The van der Waals surface area contributed by atoms with Crippen LogP contribution in [0, 0.1) is 0 Å². The molecule has 0 radical (unpaired) electrons. The zero-order valence-corrected chi connectivity index (χ0v) is 10.5. The standard InChI is InChI=1S/C10H18N2O4S/c13-10(9-6-11-3-4-16-9)12-8-2-1-5-17(14,15)7-8/h8-9,11H,1-7H2,(H,12,13). The molecule has 0 spiro atoms. The maximum atomic E-state index is 11.8. The Labute approximate surface area is 101 Å². The van der Waals surface area contributed by atoms with Gasteiger partial charge in [0.1, 0.15) is 6.10 Å². The molecule has 2 fully saturated rings. The van der Waals surface area contributed by atoms with Crippen molar-refractivity contribution in [3.05, 3.63) is 0 Å². The molecule has 2 rings (SSSR count). The van der Waals surface area contributed by atoms with Crippen molar-refractivity contribution < 1.29 is 17.9 Å². The predicted molar refractivity (Wildman–Crippen MR) is 62.4 cm³/mol. The number of ether oxygens (including phenoxy) is 1. The summed E-state index contributed by atoms with van der Waals surface area (Å²) in [6.45, 7) is 1.76. The molecule has 2 aliphatic heterocycles. The molecule has 0 aromatic heterocycles. The van der Waals surface area contributed by atoms with Gasteiger partial charge in [-0.2, -0.15) is 0 Å². The number of hydrogen-bond acceptors (Lipinski definition) is 5. The summed E-state index contributed by atoms with van der Waals surface area (Å²) in [6.07, 6.45) is 0.857. The fourth-order valence-corrected chi connectivity index (χ4v) is 3.80. The highest BCUT2D eigenvalue weighted by molar-refractivity contribution is 7.91. The van der Waals surface area contributed by atoms with E-state index in [1.807, 2.05) is 0 Å². The SMILES string of the molecule is O=C(NC1CCCS(=O)(=O)C1)C1CNCCO1. The van der Waals surface area contributed by atoms with Crippen molar-refractivity contribution in [1.82, 2.24) is 10.6 Å². The Bertz CT molecular complexity index is 376. The Balaban J connectivity index is 1.85. The molecule has 0 aromatic rings. The van der Waals surface area contributed by atoms with E-state index < -0.39 is 15.9 Å². The van der Waals surface area contributed by atoms with Gasteiger partial charge in [0, 0.05) is 19.1 Å². The summed E-state index contributed by atoms with van der Waals surface area (Å²) in [6, 6.07) is -0.258. The Morgan fingerprint density at radius 1 is 1.41 bits per heavy atom. The minimum absolute atomic E-state index is 0.0545. The van der Waals surface area contributed by atoms with Crippen LogP contribution >= 0.6 is 0 Å². The second-order valence-corrected chi connectivity index (χ2v) is 6.75. The highest BCUT2D eigenvalue weighted by atomic mass is 32.2. The molecule has 0 saturated carbocycles. The molecule has 1 amide bonds. The van der Waals surface area contributed by atoms with Crippen LogP contribution in [0.25, 0.3) is 0 Å². The van der Waals surface area contributed by atoms with Crippen LogP contribution in [0.15, 0.2) is 0 Å². The van der Waals surface area contributed by atoms with E-state index in [0.29, 0.717) is 19.6 Å².